The number of likely N-dealkylation sites (N-methyl/N-ethyl adjacent to an activating group) is 1. The highest BCUT2D eigenvalue weighted by Crippen LogP contribution is 2.38. The molecule has 41 heavy (non-hydrogen) atoms. The number of halogens is 3. The molecule has 2 aliphatic heterocycles. The average molecular weight is 579 g/mol. The smallest absolute Gasteiger partial charge is 0.318 e. The highest BCUT2D eigenvalue weighted by molar-refractivity contribution is 6.36. The SMILES string of the molecule is COc1nc(N(C)C2CCN(C(=O)/C=C/C3CN(C)C3)C2)c2cnc(-c3cccc4ccc(F)c(Cl)c34)c(F)c2n1. The van der Waals surface area contributed by atoms with Crippen LogP contribution in [0.1, 0.15) is 6.42 Å². The maximum atomic E-state index is 16.2. The lowest BCUT2D eigenvalue weighted by molar-refractivity contribution is -0.125. The van der Waals surface area contributed by atoms with Crippen LogP contribution < -0.4 is 9.64 Å². The minimum Gasteiger partial charge on any atom is -0.467 e. The van der Waals surface area contributed by atoms with Gasteiger partial charge < -0.3 is 19.4 Å². The monoisotopic (exact) mass is 578 g/mol. The summed E-state index contributed by atoms with van der Waals surface area (Å²) in [7, 11) is 5.33. The van der Waals surface area contributed by atoms with Crippen molar-refractivity contribution in [1.29, 1.82) is 0 Å². The summed E-state index contributed by atoms with van der Waals surface area (Å²) in [5.41, 5.74) is 0.366. The Bertz CT molecular complexity index is 1690. The van der Waals surface area contributed by atoms with E-state index >= 15 is 4.39 Å². The Morgan fingerprint density at radius 3 is 2.73 bits per heavy atom. The van der Waals surface area contributed by atoms with Gasteiger partial charge in [0, 0.05) is 62.3 Å². The Hall–Kier alpha value is -3.89. The van der Waals surface area contributed by atoms with Gasteiger partial charge in [0.05, 0.1) is 17.5 Å². The molecule has 2 aliphatic rings. The van der Waals surface area contributed by atoms with E-state index in [0.717, 1.165) is 19.5 Å². The predicted molar refractivity (Wildman–Crippen MR) is 155 cm³/mol. The quantitative estimate of drug-likeness (QED) is 0.300. The number of pyridine rings is 1. The molecule has 0 saturated carbocycles. The Morgan fingerprint density at radius 1 is 1.17 bits per heavy atom. The maximum absolute atomic E-state index is 16.2. The average Bonchev–Trinajstić information content (AvgIpc) is 3.46. The lowest BCUT2D eigenvalue weighted by Crippen LogP contribution is -2.42. The van der Waals surface area contributed by atoms with Crippen LogP contribution in [0.25, 0.3) is 32.9 Å². The summed E-state index contributed by atoms with van der Waals surface area (Å²) < 4.78 is 35.9. The molecule has 11 heteroatoms. The Balaban J connectivity index is 1.33. The number of hydrogen-bond acceptors (Lipinski definition) is 7. The zero-order valence-corrected chi connectivity index (χ0v) is 23.7. The highest BCUT2D eigenvalue weighted by atomic mass is 35.5. The van der Waals surface area contributed by atoms with Gasteiger partial charge in [-0.15, -0.1) is 0 Å². The first kappa shape index (κ1) is 27.3. The summed E-state index contributed by atoms with van der Waals surface area (Å²) in [6, 6.07) is 7.99. The van der Waals surface area contributed by atoms with Crippen molar-refractivity contribution >= 4 is 45.0 Å². The molecule has 0 spiro atoms. The van der Waals surface area contributed by atoms with Gasteiger partial charge in [-0.2, -0.15) is 9.97 Å². The van der Waals surface area contributed by atoms with Crippen LogP contribution >= 0.6 is 11.6 Å². The van der Waals surface area contributed by atoms with Crippen LogP contribution in [0.15, 0.2) is 48.7 Å². The molecular formula is C30H29ClF2N6O2. The molecule has 2 aromatic carbocycles. The fourth-order valence-corrected chi connectivity index (χ4v) is 5.97. The number of rotatable bonds is 6. The molecule has 0 aliphatic carbocycles. The number of methoxy groups -OCH3 is 1. The molecule has 1 unspecified atom stereocenters. The van der Waals surface area contributed by atoms with Gasteiger partial charge in [-0.05, 0) is 31.0 Å². The van der Waals surface area contributed by atoms with Gasteiger partial charge in [0.15, 0.2) is 5.82 Å². The first-order valence-corrected chi connectivity index (χ1v) is 13.8. The molecule has 0 N–H and O–H groups in total. The largest absolute Gasteiger partial charge is 0.467 e. The van der Waals surface area contributed by atoms with Crippen molar-refractivity contribution in [3.05, 3.63) is 65.3 Å². The molecule has 1 atom stereocenters. The lowest BCUT2D eigenvalue weighted by atomic mass is 10.0. The van der Waals surface area contributed by atoms with Crippen molar-refractivity contribution in [2.45, 2.75) is 12.5 Å². The molecule has 2 aromatic heterocycles. The summed E-state index contributed by atoms with van der Waals surface area (Å²) >= 11 is 6.31. The molecular weight excluding hydrogens is 550 g/mol. The second-order valence-electron chi connectivity index (χ2n) is 10.7. The van der Waals surface area contributed by atoms with E-state index in [1.165, 1.54) is 19.4 Å². The topological polar surface area (TPSA) is 74.7 Å². The van der Waals surface area contributed by atoms with E-state index in [1.807, 2.05) is 22.9 Å². The summed E-state index contributed by atoms with van der Waals surface area (Å²) in [4.78, 5) is 32.1. The van der Waals surface area contributed by atoms with Gasteiger partial charge in [-0.3, -0.25) is 9.78 Å². The van der Waals surface area contributed by atoms with Crippen molar-refractivity contribution in [3.63, 3.8) is 0 Å². The molecule has 4 aromatic rings. The van der Waals surface area contributed by atoms with E-state index in [4.69, 9.17) is 16.3 Å². The second kappa shape index (κ2) is 10.8. The Labute approximate surface area is 241 Å². The number of amides is 1. The molecule has 4 heterocycles. The van der Waals surface area contributed by atoms with Gasteiger partial charge >= 0.3 is 6.01 Å². The summed E-state index contributed by atoms with van der Waals surface area (Å²) in [5, 5.41) is 1.32. The van der Waals surface area contributed by atoms with Gasteiger partial charge in [0.25, 0.3) is 0 Å². The minimum absolute atomic E-state index is 0.00303. The van der Waals surface area contributed by atoms with E-state index in [-0.39, 0.29) is 34.2 Å². The summed E-state index contributed by atoms with van der Waals surface area (Å²) in [6.07, 6.45) is 5.91. The number of nitrogens with zero attached hydrogens (tertiary/aromatic N) is 6. The third-order valence-corrected chi connectivity index (χ3v) is 8.35. The van der Waals surface area contributed by atoms with E-state index in [0.29, 0.717) is 46.5 Å². The predicted octanol–water partition coefficient (Wildman–Crippen LogP) is 4.94. The molecule has 2 fully saturated rings. The van der Waals surface area contributed by atoms with E-state index in [2.05, 4.69) is 26.9 Å². The summed E-state index contributed by atoms with van der Waals surface area (Å²) in [5.74, 6) is -0.444. The second-order valence-corrected chi connectivity index (χ2v) is 11.0. The molecule has 1 amide bonds. The summed E-state index contributed by atoms with van der Waals surface area (Å²) in [6.45, 7) is 3.05. The fraction of sp³-hybridized carbons (Fsp3) is 0.333. The van der Waals surface area contributed by atoms with Gasteiger partial charge in [-0.25, -0.2) is 8.78 Å². The van der Waals surface area contributed by atoms with Crippen LogP contribution in [0.3, 0.4) is 0 Å². The van der Waals surface area contributed by atoms with Crippen molar-refractivity contribution < 1.29 is 18.3 Å². The third-order valence-electron chi connectivity index (χ3n) is 7.98. The number of fused-ring (bicyclic) bond motifs is 2. The number of carbonyl (C=O) groups excluding carboxylic acids is 1. The normalized spacial score (nSPS) is 18.0. The number of carbonyl (C=O) groups is 1. The molecule has 0 radical (unpaired) electrons. The number of ether oxygens (including phenoxy) is 1. The molecule has 6 rings (SSSR count). The van der Waals surface area contributed by atoms with Gasteiger partial charge in [-0.1, -0.05) is 41.9 Å². The number of aromatic nitrogens is 3. The number of hydrogen-bond donors (Lipinski definition) is 0. The van der Waals surface area contributed by atoms with Gasteiger partial charge in [0.1, 0.15) is 22.8 Å². The van der Waals surface area contributed by atoms with Crippen LogP contribution in [0.5, 0.6) is 6.01 Å². The number of anilines is 1. The minimum atomic E-state index is -0.694. The van der Waals surface area contributed by atoms with Crippen LogP contribution in [0.2, 0.25) is 5.02 Å². The van der Waals surface area contributed by atoms with Crippen molar-refractivity contribution in [1.82, 2.24) is 24.8 Å². The maximum Gasteiger partial charge on any atom is 0.318 e. The zero-order valence-electron chi connectivity index (χ0n) is 22.9. The first-order chi connectivity index (χ1) is 19.7. The molecule has 2 saturated heterocycles. The molecule has 0 bridgehead atoms. The van der Waals surface area contributed by atoms with Crippen LogP contribution in [0, 0.1) is 17.6 Å². The molecule has 212 valence electrons. The third kappa shape index (κ3) is 4.95. The van der Waals surface area contributed by atoms with Crippen molar-refractivity contribution in [2.24, 2.45) is 5.92 Å². The highest BCUT2D eigenvalue weighted by Gasteiger charge is 2.31. The Kier molecular flexibility index (Phi) is 7.21. The lowest BCUT2D eigenvalue weighted by Gasteiger charge is -2.34. The van der Waals surface area contributed by atoms with Crippen molar-refractivity contribution in [2.75, 3.05) is 52.3 Å². The van der Waals surface area contributed by atoms with E-state index in [1.54, 1.807) is 30.3 Å². The standard InChI is InChI=1S/C30H29ClF2N6O2/c1-37-14-17(15-37)7-10-23(40)39-12-11-19(16-39)38(2)29-21-13-34-27(26(33)28(21)35-30(36-29)41-3)20-6-4-5-18-8-9-22(32)25(31)24(18)20/h4-10,13,17,19H,11-12,14-16H2,1-3H3/b10-7+. The van der Waals surface area contributed by atoms with E-state index < -0.39 is 11.6 Å². The Morgan fingerprint density at radius 2 is 1.98 bits per heavy atom. The van der Waals surface area contributed by atoms with Crippen LogP contribution in [-0.2, 0) is 4.79 Å². The molecule has 8 nitrogen and oxygen atoms in total. The fourth-order valence-electron chi connectivity index (χ4n) is 5.70. The van der Waals surface area contributed by atoms with Gasteiger partial charge in [0.2, 0.25) is 5.91 Å². The van der Waals surface area contributed by atoms with Crippen LogP contribution in [0.4, 0.5) is 14.6 Å². The van der Waals surface area contributed by atoms with Crippen molar-refractivity contribution in [3.8, 4) is 17.3 Å². The number of likely N-dealkylation sites (tertiary alicyclic amines) is 2. The zero-order chi connectivity index (χ0) is 28.8. The first-order valence-electron chi connectivity index (χ1n) is 13.4. The van der Waals surface area contributed by atoms with Crippen LogP contribution in [-0.4, -0.2) is 84.1 Å². The number of benzene rings is 2. The van der Waals surface area contributed by atoms with E-state index in [9.17, 15) is 9.18 Å².